The molecule has 0 atom stereocenters. The molecule has 0 aliphatic heterocycles. The first-order chi connectivity index (χ1) is 8.29. The third-order valence-electron chi connectivity index (χ3n) is 2.66. The highest BCUT2D eigenvalue weighted by molar-refractivity contribution is 5.37. The molecule has 1 N–H and O–H groups in total. The number of para-hydroxylation sites is 1. The van der Waals surface area contributed by atoms with Crippen molar-refractivity contribution >= 4 is 0 Å². The van der Waals surface area contributed by atoms with Crippen molar-refractivity contribution in [3.63, 3.8) is 0 Å². The Morgan fingerprint density at radius 1 is 1.00 bits per heavy atom. The fraction of sp³-hybridized carbons (Fsp3) is 0.133. The number of hydrogen-bond donors (Lipinski definition) is 1. The van der Waals surface area contributed by atoms with Gasteiger partial charge < -0.3 is 5.11 Å². The highest BCUT2D eigenvalue weighted by Crippen LogP contribution is 2.20. The molecule has 0 heterocycles. The third kappa shape index (κ3) is 2.85. The molecule has 0 radical (unpaired) electrons. The van der Waals surface area contributed by atoms with E-state index in [-0.39, 0.29) is 0 Å². The van der Waals surface area contributed by atoms with E-state index in [2.05, 4.69) is 6.07 Å². The normalized spacial score (nSPS) is 9.82. The monoisotopic (exact) mass is 223 g/mol. The minimum atomic E-state index is 0.318. The first-order valence-electron chi connectivity index (χ1n) is 5.51. The maximum absolute atomic E-state index is 9.69. The van der Waals surface area contributed by atoms with Crippen LogP contribution < -0.4 is 0 Å². The Labute approximate surface area is 101 Å². The number of benzene rings is 2. The van der Waals surface area contributed by atoms with Gasteiger partial charge in [0.25, 0.3) is 0 Å². The molecule has 0 unspecified atom stereocenters. The van der Waals surface area contributed by atoms with Crippen LogP contribution in [0.15, 0.2) is 48.5 Å². The Kier molecular flexibility index (Phi) is 3.42. The van der Waals surface area contributed by atoms with Gasteiger partial charge in [0.15, 0.2) is 0 Å². The zero-order valence-electron chi connectivity index (χ0n) is 9.43. The molecule has 0 saturated heterocycles. The van der Waals surface area contributed by atoms with Gasteiger partial charge in [-0.3, -0.25) is 0 Å². The molecule has 0 bridgehead atoms. The minimum Gasteiger partial charge on any atom is -0.508 e. The molecular formula is C15H13NO. The summed E-state index contributed by atoms with van der Waals surface area (Å²) in [6.07, 6.45) is 1.11. The molecule has 0 aliphatic rings. The number of hydrogen-bond acceptors (Lipinski definition) is 2. The lowest BCUT2D eigenvalue weighted by molar-refractivity contribution is 0.469. The summed E-state index contributed by atoms with van der Waals surface area (Å²) in [6, 6.07) is 17.4. The molecule has 0 aliphatic carbocycles. The van der Waals surface area contributed by atoms with E-state index in [4.69, 9.17) is 5.26 Å². The zero-order valence-corrected chi connectivity index (χ0v) is 9.43. The molecule has 2 aromatic carbocycles. The van der Waals surface area contributed by atoms with E-state index in [0.717, 1.165) is 16.7 Å². The summed E-state index contributed by atoms with van der Waals surface area (Å²) in [5.41, 5.74) is 3.03. The summed E-state index contributed by atoms with van der Waals surface area (Å²) in [6.45, 7) is 0. The van der Waals surface area contributed by atoms with E-state index in [1.807, 2.05) is 42.5 Å². The predicted molar refractivity (Wildman–Crippen MR) is 66.7 cm³/mol. The summed E-state index contributed by atoms with van der Waals surface area (Å²) >= 11 is 0. The van der Waals surface area contributed by atoms with Gasteiger partial charge in [-0.05, 0) is 22.8 Å². The lowest BCUT2D eigenvalue weighted by Crippen LogP contribution is -1.90. The van der Waals surface area contributed by atoms with E-state index < -0.39 is 0 Å². The number of phenols is 1. The summed E-state index contributed by atoms with van der Waals surface area (Å²) in [7, 11) is 0. The second-order valence-electron chi connectivity index (χ2n) is 3.96. The van der Waals surface area contributed by atoms with E-state index in [1.54, 1.807) is 6.07 Å². The first-order valence-corrected chi connectivity index (χ1v) is 5.51. The largest absolute Gasteiger partial charge is 0.508 e. The Hall–Kier alpha value is -2.27. The van der Waals surface area contributed by atoms with Crippen molar-refractivity contribution < 1.29 is 5.11 Å². The smallest absolute Gasteiger partial charge is 0.119 e. The number of nitrogens with zero attached hydrogens (tertiary/aromatic N) is 1. The maximum Gasteiger partial charge on any atom is 0.119 e. The predicted octanol–water partition coefficient (Wildman–Crippen LogP) is 3.05. The summed E-state index contributed by atoms with van der Waals surface area (Å²) in [5.74, 6) is 0.318. The number of rotatable bonds is 3. The van der Waals surface area contributed by atoms with Gasteiger partial charge >= 0.3 is 0 Å². The van der Waals surface area contributed by atoms with Gasteiger partial charge in [-0.1, -0.05) is 42.5 Å². The van der Waals surface area contributed by atoms with Crippen molar-refractivity contribution in [1.82, 2.24) is 0 Å². The van der Waals surface area contributed by atoms with Crippen LogP contribution in [0.4, 0.5) is 0 Å². The minimum absolute atomic E-state index is 0.318. The van der Waals surface area contributed by atoms with Crippen molar-refractivity contribution in [2.24, 2.45) is 0 Å². The van der Waals surface area contributed by atoms with Crippen molar-refractivity contribution in [2.75, 3.05) is 0 Å². The fourth-order valence-electron chi connectivity index (χ4n) is 1.82. The van der Waals surface area contributed by atoms with Gasteiger partial charge in [0, 0.05) is 6.42 Å². The molecule has 2 aromatic rings. The Balaban J connectivity index is 2.22. The van der Waals surface area contributed by atoms with E-state index in [0.29, 0.717) is 18.6 Å². The molecule has 17 heavy (non-hydrogen) atoms. The van der Waals surface area contributed by atoms with Gasteiger partial charge in [0.05, 0.1) is 12.5 Å². The second kappa shape index (κ2) is 5.18. The average molecular weight is 223 g/mol. The second-order valence-corrected chi connectivity index (χ2v) is 3.96. The molecule has 2 rings (SSSR count). The van der Waals surface area contributed by atoms with Gasteiger partial charge in [0.1, 0.15) is 5.75 Å². The van der Waals surface area contributed by atoms with Gasteiger partial charge in [-0.25, -0.2) is 0 Å². The van der Waals surface area contributed by atoms with Gasteiger partial charge in [0.2, 0.25) is 0 Å². The molecule has 0 amide bonds. The van der Waals surface area contributed by atoms with Crippen LogP contribution >= 0.6 is 0 Å². The number of aromatic hydroxyl groups is 1. The van der Waals surface area contributed by atoms with Crippen LogP contribution in [0.25, 0.3) is 0 Å². The molecule has 2 heteroatoms. The van der Waals surface area contributed by atoms with Crippen molar-refractivity contribution in [3.8, 4) is 11.8 Å². The lowest BCUT2D eigenvalue weighted by atomic mass is 10.0. The molecule has 84 valence electrons. The van der Waals surface area contributed by atoms with Crippen LogP contribution in [0.3, 0.4) is 0 Å². The zero-order chi connectivity index (χ0) is 12.1. The van der Waals surface area contributed by atoms with Crippen molar-refractivity contribution in [2.45, 2.75) is 12.8 Å². The van der Waals surface area contributed by atoms with Crippen LogP contribution in [0.2, 0.25) is 0 Å². The Morgan fingerprint density at radius 2 is 1.76 bits per heavy atom. The highest BCUT2D eigenvalue weighted by atomic mass is 16.3. The molecule has 0 saturated carbocycles. The first kappa shape index (κ1) is 11.2. The molecular weight excluding hydrogens is 210 g/mol. The van der Waals surface area contributed by atoms with Crippen molar-refractivity contribution in [1.29, 1.82) is 5.26 Å². The van der Waals surface area contributed by atoms with E-state index in [1.165, 1.54) is 0 Å². The highest BCUT2D eigenvalue weighted by Gasteiger charge is 2.02. The fourth-order valence-corrected chi connectivity index (χ4v) is 1.82. The molecule has 2 nitrogen and oxygen atoms in total. The number of phenolic OH excluding ortho intramolecular Hbond substituents is 1. The average Bonchev–Trinajstić information content (AvgIpc) is 2.33. The van der Waals surface area contributed by atoms with Crippen molar-refractivity contribution in [3.05, 3.63) is 65.2 Å². The van der Waals surface area contributed by atoms with E-state index in [9.17, 15) is 5.11 Å². The van der Waals surface area contributed by atoms with Crippen LogP contribution in [-0.2, 0) is 12.8 Å². The third-order valence-corrected chi connectivity index (χ3v) is 2.66. The van der Waals surface area contributed by atoms with Crippen LogP contribution in [0.5, 0.6) is 5.75 Å². The quantitative estimate of drug-likeness (QED) is 0.869. The summed E-state index contributed by atoms with van der Waals surface area (Å²) in [4.78, 5) is 0. The topological polar surface area (TPSA) is 44.0 Å². The molecule has 0 fully saturated rings. The SMILES string of the molecule is N#CCc1cccc(Cc2ccccc2O)c1. The molecule has 0 aromatic heterocycles. The van der Waals surface area contributed by atoms with Crippen LogP contribution in [0, 0.1) is 11.3 Å². The lowest BCUT2D eigenvalue weighted by Gasteiger charge is -2.05. The van der Waals surface area contributed by atoms with Crippen LogP contribution in [0.1, 0.15) is 16.7 Å². The molecule has 0 spiro atoms. The summed E-state index contributed by atoms with van der Waals surface area (Å²) in [5, 5.41) is 18.3. The Morgan fingerprint density at radius 3 is 2.53 bits per heavy atom. The Bertz CT molecular complexity index is 555. The van der Waals surface area contributed by atoms with Crippen LogP contribution in [-0.4, -0.2) is 5.11 Å². The number of nitriles is 1. The summed E-state index contributed by atoms with van der Waals surface area (Å²) < 4.78 is 0. The standard InChI is InChI=1S/C15H13NO/c16-9-8-12-4-3-5-13(10-12)11-14-6-1-2-7-15(14)17/h1-7,10,17H,8,11H2. The maximum atomic E-state index is 9.69. The van der Waals surface area contributed by atoms with Gasteiger partial charge in [-0.2, -0.15) is 5.26 Å². The van der Waals surface area contributed by atoms with Gasteiger partial charge in [-0.15, -0.1) is 0 Å². The van der Waals surface area contributed by atoms with E-state index >= 15 is 0 Å².